The first-order valence-electron chi connectivity index (χ1n) is 8.87. The molecule has 0 aliphatic carbocycles. The minimum Gasteiger partial charge on any atom is -0.491 e. The molecule has 0 saturated carbocycles. The summed E-state index contributed by atoms with van der Waals surface area (Å²) in [5.74, 6) is 1.73. The van der Waals surface area contributed by atoms with E-state index in [-0.39, 0.29) is 0 Å². The number of piperazine rings is 1. The fourth-order valence-electron chi connectivity index (χ4n) is 2.98. The van der Waals surface area contributed by atoms with Crippen LogP contribution in [0.3, 0.4) is 0 Å². The average Bonchev–Trinajstić information content (AvgIpc) is 2.68. The predicted molar refractivity (Wildman–Crippen MR) is 98.0 cm³/mol. The molecule has 1 N–H and O–H groups in total. The van der Waals surface area contributed by atoms with E-state index in [0.717, 1.165) is 44.2 Å². The van der Waals surface area contributed by atoms with Gasteiger partial charge in [-0.05, 0) is 24.1 Å². The highest BCUT2D eigenvalue weighted by molar-refractivity contribution is 5.35. The Kier molecular flexibility index (Phi) is 6.19. The first kappa shape index (κ1) is 17.6. The highest BCUT2D eigenvalue weighted by Gasteiger charge is 2.20. The van der Waals surface area contributed by atoms with Crippen molar-refractivity contribution in [2.45, 2.75) is 19.4 Å². The summed E-state index contributed by atoms with van der Waals surface area (Å²) < 4.78 is 5.69. The number of rotatable bonds is 7. The van der Waals surface area contributed by atoms with Crippen LogP contribution in [-0.4, -0.2) is 65.4 Å². The average molecular weight is 342 g/mol. The molecule has 134 valence electrons. The standard InChI is InChI=1S/C19H26N4O2/c1-2-16-3-5-18(6-4-16)25-15-17(24)14-22-9-11-23(12-10-22)19-13-20-7-8-21-19/h3-8,13,17,24H,2,9-12,14-15H2,1H3. The van der Waals surface area contributed by atoms with Crippen LogP contribution >= 0.6 is 0 Å². The van der Waals surface area contributed by atoms with Gasteiger partial charge in [0, 0.05) is 45.1 Å². The van der Waals surface area contributed by atoms with Crippen molar-refractivity contribution in [2.24, 2.45) is 0 Å². The van der Waals surface area contributed by atoms with Gasteiger partial charge in [-0.3, -0.25) is 9.88 Å². The number of aliphatic hydroxyl groups excluding tert-OH is 1. The molecule has 3 rings (SSSR count). The van der Waals surface area contributed by atoms with Crippen molar-refractivity contribution in [3.63, 3.8) is 0 Å². The molecule has 2 heterocycles. The molecular weight excluding hydrogens is 316 g/mol. The molecule has 6 nitrogen and oxygen atoms in total. The zero-order valence-corrected chi connectivity index (χ0v) is 14.7. The van der Waals surface area contributed by atoms with Gasteiger partial charge < -0.3 is 14.7 Å². The van der Waals surface area contributed by atoms with E-state index in [2.05, 4.69) is 38.8 Å². The van der Waals surface area contributed by atoms with Crippen LogP contribution in [0.2, 0.25) is 0 Å². The molecule has 1 fully saturated rings. The van der Waals surface area contributed by atoms with E-state index < -0.39 is 6.10 Å². The molecule has 1 aromatic carbocycles. The van der Waals surface area contributed by atoms with Crippen molar-refractivity contribution in [3.8, 4) is 5.75 Å². The summed E-state index contributed by atoms with van der Waals surface area (Å²) in [7, 11) is 0. The van der Waals surface area contributed by atoms with Gasteiger partial charge in [0.15, 0.2) is 0 Å². The molecule has 25 heavy (non-hydrogen) atoms. The summed E-state index contributed by atoms with van der Waals surface area (Å²) in [6.45, 7) is 6.66. The van der Waals surface area contributed by atoms with Crippen LogP contribution < -0.4 is 9.64 Å². The Morgan fingerprint density at radius 3 is 2.52 bits per heavy atom. The Morgan fingerprint density at radius 2 is 1.88 bits per heavy atom. The third kappa shape index (κ3) is 5.14. The van der Waals surface area contributed by atoms with Crippen molar-refractivity contribution in [1.82, 2.24) is 14.9 Å². The monoisotopic (exact) mass is 342 g/mol. The second-order valence-electron chi connectivity index (χ2n) is 6.31. The maximum absolute atomic E-state index is 10.2. The summed E-state index contributed by atoms with van der Waals surface area (Å²) in [6, 6.07) is 8.05. The fraction of sp³-hybridized carbons (Fsp3) is 0.474. The number of hydrogen-bond donors (Lipinski definition) is 1. The second kappa shape index (κ2) is 8.78. The number of aromatic nitrogens is 2. The first-order valence-corrected chi connectivity index (χ1v) is 8.87. The molecule has 1 aromatic heterocycles. The van der Waals surface area contributed by atoms with Crippen molar-refractivity contribution in [2.75, 3.05) is 44.2 Å². The van der Waals surface area contributed by atoms with Crippen LogP contribution in [0.4, 0.5) is 5.82 Å². The highest BCUT2D eigenvalue weighted by Crippen LogP contribution is 2.14. The van der Waals surface area contributed by atoms with E-state index in [0.29, 0.717) is 13.2 Å². The van der Waals surface area contributed by atoms with E-state index in [1.807, 2.05) is 12.1 Å². The number of nitrogens with zero attached hydrogens (tertiary/aromatic N) is 4. The third-order valence-corrected chi connectivity index (χ3v) is 4.49. The third-order valence-electron chi connectivity index (χ3n) is 4.49. The first-order chi connectivity index (χ1) is 12.2. The van der Waals surface area contributed by atoms with Crippen molar-refractivity contribution >= 4 is 5.82 Å². The van der Waals surface area contributed by atoms with Crippen molar-refractivity contribution in [1.29, 1.82) is 0 Å². The van der Waals surface area contributed by atoms with Gasteiger partial charge in [-0.1, -0.05) is 19.1 Å². The van der Waals surface area contributed by atoms with Crippen LogP contribution in [0.5, 0.6) is 5.75 Å². The number of β-amino-alcohol motifs (C(OH)–C–C–N with tert-alkyl or cyclic N) is 1. The number of hydrogen-bond acceptors (Lipinski definition) is 6. The molecule has 1 aliphatic rings. The summed E-state index contributed by atoms with van der Waals surface area (Å²) in [5.41, 5.74) is 1.29. The minimum atomic E-state index is -0.492. The van der Waals surface area contributed by atoms with Gasteiger partial charge >= 0.3 is 0 Å². The fourth-order valence-corrected chi connectivity index (χ4v) is 2.98. The number of ether oxygens (including phenoxy) is 1. The van der Waals surface area contributed by atoms with Crippen LogP contribution in [0.1, 0.15) is 12.5 Å². The Balaban J connectivity index is 1.39. The van der Waals surface area contributed by atoms with Crippen LogP contribution in [0.15, 0.2) is 42.9 Å². The maximum atomic E-state index is 10.2. The smallest absolute Gasteiger partial charge is 0.147 e. The largest absolute Gasteiger partial charge is 0.491 e. The van der Waals surface area contributed by atoms with Crippen LogP contribution in [-0.2, 0) is 6.42 Å². The molecular formula is C19H26N4O2. The zero-order chi connectivity index (χ0) is 17.5. The van der Waals surface area contributed by atoms with E-state index in [1.165, 1.54) is 5.56 Å². The van der Waals surface area contributed by atoms with Crippen LogP contribution in [0.25, 0.3) is 0 Å². The topological polar surface area (TPSA) is 61.7 Å². The lowest BCUT2D eigenvalue weighted by Crippen LogP contribution is -2.49. The number of anilines is 1. The van der Waals surface area contributed by atoms with E-state index in [1.54, 1.807) is 18.6 Å². The van der Waals surface area contributed by atoms with Crippen molar-refractivity contribution in [3.05, 3.63) is 48.4 Å². The molecule has 1 atom stereocenters. The van der Waals surface area contributed by atoms with Crippen molar-refractivity contribution < 1.29 is 9.84 Å². The molecule has 1 unspecified atom stereocenters. The number of benzene rings is 1. The summed E-state index contributed by atoms with van der Waals surface area (Å²) in [6.07, 6.45) is 5.72. The van der Waals surface area contributed by atoms with E-state index in [4.69, 9.17) is 4.74 Å². The quantitative estimate of drug-likeness (QED) is 0.825. The highest BCUT2D eigenvalue weighted by atomic mass is 16.5. The van der Waals surface area contributed by atoms with Gasteiger partial charge in [-0.15, -0.1) is 0 Å². The van der Waals surface area contributed by atoms with E-state index >= 15 is 0 Å². The zero-order valence-electron chi connectivity index (χ0n) is 14.7. The van der Waals surface area contributed by atoms with Gasteiger partial charge in [-0.2, -0.15) is 0 Å². The van der Waals surface area contributed by atoms with Gasteiger partial charge in [0.2, 0.25) is 0 Å². The van der Waals surface area contributed by atoms with E-state index in [9.17, 15) is 5.11 Å². The molecule has 2 aromatic rings. The molecule has 1 aliphatic heterocycles. The number of aliphatic hydroxyl groups is 1. The van der Waals surface area contributed by atoms with Gasteiger partial charge in [0.1, 0.15) is 24.3 Å². The molecule has 0 spiro atoms. The van der Waals surface area contributed by atoms with Gasteiger partial charge in [-0.25, -0.2) is 4.98 Å². The molecule has 0 amide bonds. The maximum Gasteiger partial charge on any atom is 0.147 e. The molecule has 0 radical (unpaired) electrons. The lowest BCUT2D eigenvalue weighted by Gasteiger charge is -2.36. The number of aryl methyl sites for hydroxylation is 1. The summed E-state index contributed by atoms with van der Waals surface area (Å²) in [4.78, 5) is 12.9. The molecule has 0 bridgehead atoms. The Morgan fingerprint density at radius 1 is 1.12 bits per heavy atom. The van der Waals surface area contributed by atoms with Gasteiger partial charge in [0.25, 0.3) is 0 Å². The summed E-state index contributed by atoms with van der Waals surface area (Å²) in [5, 5.41) is 10.2. The lowest BCUT2D eigenvalue weighted by atomic mass is 10.2. The summed E-state index contributed by atoms with van der Waals surface area (Å²) >= 11 is 0. The minimum absolute atomic E-state index is 0.315. The Bertz CT molecular complexity index is 628. The Labute approximate surface area is 149 Å². The molecule has 1 saturated heterocycles. The van der Waals surface area contributed by atoms with Gasteiger partial charge in [0.05, 0.1) is 6.20 Å². The Hall–Kier alpha value is -2.18. The van der Waals surface area contributed by atoms with Crippen LogP contribution in [0, 0.1) is 0 Å². The SMILES string of the molecule is CCc1ccc(OCC(O)CN2CCN(c3cnccn3)CC2)cc1. The normalized spacial score (nSPS) is 16.6. The second-order valence-corrected chi connectivity index (χ2v) is 6.31. The lowest BCUT2D eigenvalue weighted by molar-refractivity contribution is 0.0662. The predicted octanol–water partition coefficient (Wildman–Crippen LogP) is 1.60. The molecule has 6 heteroatoms.